The van der Waals surface area contributed by atoms with E-state index in [1.165, 1.54) is 5.56 Å². The number of hydrogen-bond acceptors (Lipinski definition) is 3. The van der Waals surface area contributed by atoms with E-state index >= 15 is 0 Å². The van der Waals surface area contributed by atoms with Crippen LogP contribution in [0.3, 0.4) is 0 Å². The van der Waals surface area contributed by atoms with Gasteiger partial charge in [0, 0.05) is 17.5 Å². The van der Waals surface area contributed by atoms with Crippen molar-refractivity contribution < 1.29 is 4.74 Å². The van der Waals surface area contributed by atoms with Gasteiger partial charge in [-0.2, -0.15) is 0 Å². The van der Waals surface area contributed by atoms with E-state index in [0.29, 0.717) is 6.61 Å². The van der Waals surface area contributed by atoms with Crippen molar-refractivity contribution in [2.45, 2.75) is 6.54 Å². The maximum Gasteiger partial charge on any atom is 0.131 e. The summed E-state index contributed by atoms with van der Waals surface area (Å²) in [7, 11) is 0. The van der Waals surface area contributed by atoms with Crippen molar-refractivity contribution in [3.05, 3.63) is 65.2 Å². The summed E-state index contributed by atoms with van der Waals surface area (Å²) in [6.45, 7) is 2.21. The Labute approximate surface area is 134 Å². The molecule has 0 bridgehead atoms. The molecule has 0 saturated heterocycles. The Morgan fingerprint density at radius 3 is 2.82 bits per heavy atom. The van der Waals surface area contributed by atoms with E-state index in [1.807, 2.05) is 48.5 Å². The number of hydrogen-bond donors (Lipinski definition) is 0. The highest BCUT2D eigenvalue weighted by atomic mass is 35.5. The van der Waals surface area contributed by atoms with Crippen molar-refractivity contribution in [3.8, 4) is 5.75 Å². The number of nitrogens with zero attached hydrogens (tertiary/aromatic N) is 2. The summed E-state index contributed by atoms with van der Waals surface area (Å²) in [5.74, 6) is 1.85. The standard InChI is InChI=1S/C18H15ClN2O/c19-15-11-18(20-16-7-3-2-6-14(15)16)21-9-10-22-17-8-4-1-5-13(17)12-21/h1-8,11H,9-10,12H2. The first-order valence-corrected chi connectivity index (χ1v) is 7.70. The van der Waals surface area contributed by atoms with Gasteiger partial charge in [0.25, 0.3) is 0 Å². The van der Waals surface area contributed by atoms with Crippen molar-refractivity contribution in [1.82, 2.24) is 4.98 Å². The van der Waals surface area contributed by atoms with Crippen LogP contribution >= 0.6 is 11.6 Å². The minimum absolute atomic E-state index is 0.642. The summed E-state index contributed by atoms with van der Waals surface area (Å²) >= 11 is 6.42. The van der Waals surface area contributed by atoms with E-state index in [0.717, 1.165) is 40.6 Å². The minimum atomic E-state index is 0.642. The first-order valence-electron chi connectivity index (χ1n) is 7.32. The Morgan fingerprint density at radius 1 is 1.05 bits per heavy atom. The summed E-state index contributed by atoms with van der Waals surface area (Å²) in [6.07, 6.45) is 0. The molecule has 0 aliphatic carbocycles. The molecule has 0 atom stereocenters. The predicted molar refractivity (Wildman–Crippen MR) is 89.7 cm³/mol. The molecule has 110 valence electrons. The average molecular weight is 311 g/mol. The van der Waals surface area contributed by atoms with E-state index in [4.69, 9.17) is 21.3 Å². The van der Waals surface area contributed by atoms with Gasteiger partial charge in [0.15, 0.2) is 0 Å². The molecule has 0 radical (unpaired) electrons. The van der Waals surface area contributed by atoms with Crippen molar-refractivity contribution in [2.75, 3.05) is 18.1 Å². The second-order valence-electron chi connectivity index (χ2n) is 5.36. The largest absolute Gasteiger partial charge is 0.491 e. The van der Waals surface area contributed by atoms with Crippen LogP contribution in [0.1, 0.15) is 5.56 Å². The lowest BCUT2D eigenvalue weighted by molar-refractivity contribution is 0.331. The molecule has 3 aromatic rings. The van der Waals surface area contributed by atoms with Gasteiger partial charge in [0.2, 0.25) is 0 Å². The number of para-hydroxylation sites is 2. The first kappa shape index (κ1) is 13.4. The highest BCUT2D eigenvalue weighted by Gasteiger charge is 2.17. The van der Waals surface area contributed by atoms with Gasteiger partial charge in [-0.05, 0) is 18.2 Å². The van der Waals surface area contributed by atoms with Gasteiger partial charge < -0.3 is 9.64 Å². The number of pyridine rings is 1. The fourth-order valence-electron chi connectivity index (χ4n) is 2.80. The molecule has 0 N–H and O–H groups in total. The maximum atomic E-state index is 6.42. The smallest absolute Gasteiger partial charge is 0.131 e. The molecule has 0 unspecified atom stereocenters. The number of fused-ring (bicyclic) bond motifs is 2. The number of ether oxygens (including phenoxy) is 1. The zero-order valence-corrected chi connectivity index (χ0v) is 12.8. The van der Waals surface area contributed by atoms with Crippen molar-refractivity contribution in [2.24, 2.45) is 0 Å². The highest BCUT2D eigenvalue weighted by molar-refractivity contribution is 6.35. The van der Waals surface area contributed by atoms with Gasteiger partial charge >= 0.3 is 0 Å². The molecule has 3 nitrogen and oxygen atoms in total. The Bertz CT molecular complexity index is 834. The number of anilines is 1. The molecule has 2 heterocycles. The van der Waals surface area contributed by atoms with Gasteiger partial charge in [-0.15, -0.1) is 0 Å². The molecule has 4 heteroatoms. The van der Waals surface area contributed by atoms with Crippen LogP contribution in [0.15, 0.2) is 54.6 Å². The van der Waals surface area contributed by atoms with Gasteiger partial charge in [-0.25, -0.2) is 4.98 Å². The third-order valence-electron chi connectivity index (χ3n) is 3.93. The quantitative estimate of drug-likeness (QED) is 0.670. The molecule has 0 spiro atoms. The highest BCUT2D eigenvalue weighted by Crippen LogP contribution is 2.30. The normalized spacial score (nSPS) is 14.3. The fourth-order valence-corrected chi connectivity index (χ4v) is 3.06. The van der Waals surface area contributed by atoms with Gasteiger partial charge in [0.1, 0.15) is 18.2 Å². The minimum Gasteiger partial charge on any atom is -0.491 e. The third kappa shape index (κ3) is 2.38. The molecule has 1 aliphatic heterocycles. The van der Waals surface area contributed by atoms with Gasteiger partial charge in [-0.3, -0.25) is 0 Å². The lowest BCUT2D eigenvalue weighted by Crippen LogP contribution is -2.26. The van der Waals surface area contributed by atoms with Crippen LogP contribution in [0, 0.1) is 0 Å². The van der Waals surface area contributed by atoms with Crippen LogP contribution in [0.25, 0.3) is 10.9 Å². The summed E-state index contributed by atoms with van der Waals surface area (Å²) < 4.78 is 5.82. The van der Waals surface area contributed by atoms with Gasteiger partial charge in [0.05, 0.1) is 17.1 Å². The SMILES string of the molecule is Clc1cc(N2CCOc3ccccc3C2)nc2ccccc12. The molecule has 1 aromatic heterocycles. The van der Waals surface area contributed by atoms with E-state index < -0.39 is 0 Å². The van der Waals surface area contributed by atoms with Crippen molar-refractivity contribution in [1.29, 1.82) is 0 Å². The topological polar surface area (TPSA) is 25.4 Å². The first-order chi connectivity index (χ1) is 10.8. The Hall–Kier alpha value is -2.26. The molecule has 0 amide bonds. The predicted octanol–water partition coefficient (Wildman–Crippen LogP) is 4.29. The Balaban J connectivity index is 1.75. The number of benzene rings is 2. The Kier molecular flexibility index (Phi) is 3.35. The third-order valence-corrected chi connectivity index (χ3v) is 4.24. The van der Waals surface area contributed by atoms with E-state index in [1.54, 1.807) is 0 Å². The number of halogens is 1. The lowest BCUT2D eigenvalue weighted by atomic mass is 10.2. The summed E-state index contributed by atoms with van der Waals surface area (Å²) in [5, 5.41) is 1.72. The van der Waals surface area contributed by atoms with E-state index in [2.05, 4.69) is 11.0 Å². The molecular formula is C18H15ClN2O. The molecule has 22 heavy (non-hydrogen) atoms. The van der Waals surface area contributed by atoms with Gasteiger partial charge in [-0.1, -0.05) is 48.0 Å². The summed E-state index contributed by atoms with van der Waals surface area (Å²) in [4.78, 5) is 6.97. The van der Waals surface area contributed by atoms with Crippen LogP contribution in [0.5, 0.6) is 5.75 Å². The fraction of sp³-hybridized carbons (Fsp3) is 0.167. The van der Waals surface area contributed by atoms with Crippen molar-refractivity contribution >= 4 is 28.3 Å². The second kappa shape index (κ2) is 5.50. The zero-order chi connectivity index (χ0) is 14.9. The zero-order valence-electron chi connectivity index (χ0n) is 12.0. The van der Waals surface area contributed by atoms with Crippen LogP contribution in [0.4, 0.5) is 5.82 Å². The van der Waals surface area contributed by atoms with Crippen molar-refractivity contribution in [3.63, 3.8) is 0 Å². The average Bonchev–Trinajstić information content (AvgIpc) is 2.77. The van der Waals surface area contributed by atoms with E-state index in [-0.39, 0.29) is 0 Å². The van der Waals surface area contributed by atoms with Crippen LogP contribution in [0.2, 0.25) is 5.02 Å². The van der Waals surface area contributed by atoms with Crippen LogP contribution in [-0.2, 0) is 6.54 Å². The molecular weight excluding hydrogens is 296 g/mol. The lowest BCUT2D eigenvalue weighted by Gasteiger charge is -2.21. The molecule has 2 aromatic carbocycles. The second-order valence-corrected chi connectivity index (χ2v) is 5.76. The summed E-state index contributed by atoms with van der Waals surface area (Å²) in [6, 6.07) is 18.0. The molecule has 4 rings (SSSR count). The van der Waals surface area contributed by atoms with E-state index in [9.17, 15) is 0 Å². The van der Waals surface area contributed by atoms with Crippen LogP contribution < -0.4 is 9.64 Å². The number of rotatable bonds is 1. The number of aromatic nitrogens is 1. The monoisotopic (exact) mass is 310 g/mol. The molecule has 1 aliphatic rings. The molecule has 0 fully saturated rings. The summed E-state index contributed by atoms with van der Waals surface area (Å²) in [5.41, 5.74) is 2.09. The Morgan fingerprint density at radius 2 is 1.86 bits per heavy atom. The van der Waals surface area contributed by atoms with Crippen LogP contribution in [-0.4, -0.2) is 18.1 Å². The molecule has 0 saturated carbocycles. The maximum absolute atomic E-state index is 6.42.